The van der Waals surface area contributed by atoms with Crippen LogP contribution in [-0.4, -0.2) is 42.1 Å². The number of nitrogen functional groups attached to an aromatic ring is 1. The van der Waals surface area contributed by atoms with Crippen molar-refractivity contribution in [1.29, 1.82) is 0 Å². The number of anilines is 3. The number of Topliss-reactive ketones (excluding diaryl/α,β-unsaturated/α-hetero) is 1. The van der Waals surface area contributed by atoms with Gasteiger partial charge in [0.15, 0.2) is 5.78 Å². The number of ketones is 1. The normalized spacial score (nSPS) is 21.5. The largest absolute Gasteiger partial charge is 0.383 e. The average Bonchev–Trinajstić information content (AvgIpc) is 2.73. The Morgan fingerprint density at radius 3 is 2.76 bits per heavy atom. The first-order chi connectivity index (χ1) is 14.1. The number of ether oxygens (including phenoxy) is 1. The minimum Gasteiger partial charge on any atom is -0.383 e. The molecular weight excluding hydrogens is 390 g/mol. The summed E-state index contributed by atoms with van der Waals surface area (Å²) in [6.07, 6.45) is 2.16. The van der Waals surface area contributed by atoms with Gasteiger partial charge in [0, 0.05) is 47.3 Å². The van der Waals surface area contributed by atoms with Crippen LogP contribution in [0.1, 0.15) is 36.3 Å². The van der Waals surface area contributed by atoms with Crippen LogP contribution in [0.4, 0.5) is 17.6 Å². The van der Waals surface area contributed by atoms with Gasteiger partial charge < -0.3 is 20.7 Å². The number of hydrogen-bond donors (Lipinski definition) is 2. The maximum absolute atomic E-state index is 12.9. The van der Waals surface area contributed by atoms with Gasteiger partial charge in [0.25, 0.3) is 0 Å². The lowest BCUT2D eigenvalue weighted by atomic mass is 9.76. The molecule has 29 heavy (non-hydrogen) atoms. The van der Waals surface area contributed by atoms with E-state index >= 15 is 0 Å². The van der Waals surface area contributed by atoms with E-state index in [1.165, 1.54) is 0 Å². The fourth-order valence-electron chi connectivity index (χ4n) is 4.40. The highest BCUT2D eigenvalue weighted by atomic mass is 35.5. The van der Waals surface area contributed by atoms with Crippen molar-refractivity contribution in [1.82, 2.24) is 9.97 Å². The first-order valence-electron chi connectivity index (χ1n) is 9.91. The number of aromatic nitrogens is 2. The average molecular weight is 412 g/mol. The van der Waals surface area contributed by atoms with Crippen LogP contribution < -0.4 is 16.0 Å². The zero-order valence-electron chi connectivity index (χ0n) is 15.9. The minimum absolute atomic E-state index is 0.131. The van der Waals surface area contributed by atoms with Crippen molar-refractivity contribution in [2.24, 2.45) is 0 Å². The zero-order valence-corrected chi connectivity index (χ0v) is 16.7. The predicted octanol–water partition coefficient (Wildman–Crippen LogP) is 3.11. The van der Waals surface area contributed by atoms with Gasteiger partial charge in [0.1, 0.15) is 11.6 Å². The molecule has 1 aromatic carbocycles. The Morgan fingerprint density at radius 2 is 1.97 bits per heavy atom. The Kier molecular flexibility index (Phi) is 4.64. The summed E-state index contributed by atoms with van der Waals surface area (Å²) in [7, 11) is 0. The van der Waals surface area contributed by atoms with Gasteiger partial charge in [-0.3, -0.25) is 4.79 Å². The molecule has 0 saturated carbocycles. The summed E-state index contributed by atoms with van der Waals surface area (Å²) in [6, 6.07) is 7.60. The summed E-state index contributed by atoms with van der Waals surface area (Å²) in [5.41, 5.74) is 9.71. The van der Waals surface area contributed by atoms with Crippen LogP contribution in [-0.2, 0) is 9.53 Å². The monoisotopic (exact) mass is 411 g/mol. The third-order valence-corrected chi connectivity index (χ3v) is 6.12. The molecule has 0 amide bonds. The van der Waals surface area contributed by atoms with Crippen LogP contribution in [0.15, 0.2) is 35.5 Å². The van der Waals surface area contributed by atoms with E-state index in [2.05, 4.69) is 15.2 Å². The van der Waals surface area contributed by atoms with E-state index in [1.807, 2.05) is 24.3 Å². The highest BCUT2D eigenvalue weighted by molar-refractivity contribution is 6.31. The van der Waals surface area contributed by atoms with Crippen LogP contribution in [0, 0.1) is 0 Å². The van der Waals surface area contributed by atoms with Gasteiger partial charge in [-0.25, -0.2) is 0 Å². The summed E-state index contributed by atoms with van der Waals surface area (Å²) in [4.78, 5) is 24.4. The number of carbonyl (C=O) groups is 1. The second-order valence-corrected chi connectivity index (χ2v) is 7.93. The first kappa shape index (κ1) is 18.4. The van der Waals surface area contributed by atoms with E-state index in [0.717, 1.165) is 48.3 Å². The smallest absolute Gasteiger partial charge is 0.229 e. The molecule has 3 aliphatic rings. The van der Waals surface area contributed by atoms with Crippen molar-refractivity contribution < 1.29 is 9.53 Å². The van der Waals surface area contributed by atoms with Crippen molar-refractivity contribution in [2.45, 2.75) is 25.2 Å². The highest BCUT2D eigenvalue weighted by Gasteiger charge is 2.38. The summed E-state index contributed by atoms with van der Waals surface area (Å²) < 4.78 is 5.43. The van der Waals surface area contributed by atoms with Crippen molar-refractivity contribution in [3.8, 4) is 0 Å². The molecule has 1 atom stereocenters. The van der Waals surface area contributed by atoms with Gasteiger partial charge >= 0.3 is 0 Å². The van der Waals surface area contributed by atoms with Crippen molar-refractivity contribution in [2.75, 3.05) is 42.3 Å². The van der Waals surface area contributed by atoms with Crippen LogP contribution >= 0.6 is 11.6 Å². The van der Waals surface area contributed by atoms with E-state index in [1.54, 1.807) is 0 Å². The molecule has 1 fully saturated rings. The lowest BCUT2D eigenvalue weighted by molar-refractivity contribution is -0.116. The third-order valence-electron chi connectivity index (χ3n) is 5.78. The van der Waals surface area contributed by atoms with Crippen LogP contribution in [0.5, 0.6) is 0 Å². The van der Waals surface area contributed by atoms with Crippen molar-refractivity contribution in [3.05, 3.63) is 51.7 Å². The fourth-order valence-corrected chi connectivity index (χ4v) is 4.64. The Labute approximate surface area is 173 Å². The molecule has 5 rings (SSSR count). The van der Waals surface area contributed by atoms with E-state index in [4.69, 9.17) is 27.1 Å². The highest BCUT2D eigenvalue weighted by Crippen LogP contribution is 2.48. The molecule has 1 unspecified atom stereocenters. The molecule has 0 radical (unpaired) electrons. The van der Waals surface area contributed by atoms with E-state index in [-0.39, 0.29) is 11.7 Å². The number of allylic oxidation sites excluding steroid dienone is 2. The Bertz CT molecular complexity index is 1020. The third kappa shape index (κ3) is 3.14. The summed E-state index contributed by atoms with van der Waals surface area (Å²) in [5, 5.41) is 4.00. The number of morpholine rings is 1. The minimum atomic E-state index is -0.360. The quantitative estimate of drug-likeness (QED) is 0.784. The van der Waals surface area contributed by atoms with Gasteiger partial charge in [-0.15, -0.1) is 0 Å². The van der Waals surface area contributed by atoms with Gasteiger partial charge in [0.2, 0.25) is 5.95 Å². The molecule has 8 heteroatoms. The first-order valence-corrected chi connectivity index (χ1v) is 10.3. The van der Waals surface area contributed by atoms with E-state index < -0.39 is 0 Å². The van der Waals surface area contributed by atoms with Crippen molar-refractivity contribution in [3.63, 3.8) is 0 Å². The number of benzene rings is 1. The zero-order chi connectivity index (χ0) is 20.0. The molecule has 1 aliphatic carbocycles. The van der Waals surface area contributed by atoms with Gasteiger partial charge in [-0.2, -0.15) is 9.97 Å². The number of nitrogens with zero attached hydrogens (tertiary/aromatic N) is 3. The molecule has 2 aliphatic heterocycles. The lowest BCUT2D eigenvalue weighted by Gasteiger charge is -2.35. The molecule has 3 heterocycles. The molecule has 0 bridgehead atoms. The summed E-state index contributed by atoms with van der Waals surface area (Å²) in [6.45, 7) is 2.72. The molecule has 1 saturated heterocycles. The van der Waals surface area contributed by atoms with Crippen molar-refractivity contribution >= 4 is 35.0 Å². The number of halogens is 1. The number of nitrogens with one attached hydrogen (secondary N) is 1. The SMILES string of the molecule is Nc1nc(N2CCOCC2)nc2c1C(c1ccccc1Cl)C1=C(CCCC1=O)N2. The number of fused-ring (bicyclic) bond motifs is 1. The van der Waals surface area contributed by atoms with Crippen LogP contribution in [0.2, 0.25) is 5.02 Å². The maximum atomic E-state index is 12.9. The second-order valence-electron chi connectivity index (χ2n) is 7.52. The Morgan fingerprint density at radius 1 is 1.17 bits per heavy atom. The van der Waals surface area contributed by atoms with E-state index in [0.29, 0.717) is 42.2 Å². The summed E-state index contributed by atoms with van der Waals surface area (Å²) in [5.74, 6) is 1.39. The Hall–Kier alpha value is -2.64. The number of rotatable bonds is 2. The molecule has 3 N–H and O–H groups in total. The lowest BCUT2D eigenvalue weighted by Crippen LogP contribution is -2.38. The number of carbonyl (C=O) groups excluding carboxylic acids is 1. The molecule has 2 aromatic rings. The van der Waals surface area contributed by atoms with Gasteiger partial charge in [0.05, 0.1) is 13.2 Å². The van der Waals surface area contributed by atoms with Crippen LogP contribution in [0.25, 0.3) is 0 Å². The topological polar surface area (TPSA) is 93.4 Å². The second kappa shape index (κ2) is 7.31. The molecule has 7 nitrogen and oxygen atoms in total. The standard InChI is InChI=1S/C21H22ClN5O2/c22-13-5-2-1-4-12(13)16-17-14(6-3-7-15(17)28)24-20-18(16)19(23)25-21(26-20)27-8-10-29-11-9-27/h1-2,4-5,16H,3,6-11H2,(H3,23,24,25,26). The van der Waals surface area contributed by atoms with Crippen LogP contribution in [0.3, 0.4) is 0 Å². The van der Waals surface area contributed by atoms with Gasteiger partial charge in [-0.1, -0.05) is 29.8 Å². The number of nitrogens with two attached hydrogens (primary N) is 1. The number of hydrogen-bond acceptors (Lipinski definition) is 7. The molecular formula is C21H22ClN5O2. The molecule has 0 spiro atoms. The molecule has 150 valence electrons. The predicted molar refractivity (Wildman–Crippen MR) is 112 cm³/mol. The van der Waals surface area contributed by atoms with Gasteiger partial charge in [-0.05, 0) is 24.5 Å². The maximum Gasteiger partial charge on any atom is 0.229 e. The van der Waals surface area contributed by atoms with E-state index in [9.17, 15) is 4.79 Å². The fraction of sp³-hybridized carbons (Fsp3) is 0.381. The molecule has 1 aromatic heterocycles. The Balaban J connectivity index is 1.68. The summed E-state index contributed by atoms with van der Waals surface area (Å²) >= 11 is 6.55.